The first-order valence-corrected chi connectivity index (χ1v) is 12.1. The lowest BCUT2D eigenvalue weighted by atomic mass is 10.0. The number of carbonyl (C=O) groups is 1. The van der Waals surface area contributed by atoms with Crippen LogP contribution in [0.15, 0.2) is 53.4 Å². The smallest absolute Gasteiger partial charge is 0.243 e. The summed E-state index contributed by atoms with van der Waals surface area (Å²) in [6.45, 7) is 3.47. The molecule has 31 heavy (non-hydrogen) atoms. The summed E-state index contributed by atoms with van der Waals surface area (Å²) in [5, 5.41) is 11.1. The molecule has 0 radical (unpaired) electrons. The van der Waals surface area contributed by atoms with Gasteiger partial charge in [-0.25, -0.2) is 13.1 Å². The highest BCUT2D eigenvalue weighted by atomic mass is 32.2. The van der Waals surface area contributed by atoms with Crippen molar-refractivity contribution in [2.75, 3.05) is 6.54 Å². The van der Waals surface area contributed by atoms with Gasteiger partial charge in [-0.2, -0.15) is 4.31 Å². The van der Waals surface area contributed by atoms with Crippen molar-refractivity contribution in [2.45, 2.75) is 56.6 Å². The molecule has 1 atom stereocenters. The van der Waals surface area contributed by atoms with Crippen LogP contribution in [0.25, 0.3) is 11.0 Å². The second-order valence-corrected chi connectivity index (χ2v) is 9.68. The highest BCUT2D eigenvalue weighted by molar-refractivity contribution is 7.89. The Morgan fingerprint density at radius 3 is 2.74 bits per heavy atom. The second-order valence-electron chi connectivity index (χ2n) is 7.79. The lowest BCUT2D eigenvalue weighted by Gasteiger charge is -2.33. The van der Waals surface area contributed by atoms with Crippen LogP contribution < -0.4 is 5.32 Å². The van der Waals surface area contributed by atoms with Gasteiger partial charge in [-0.1, -0.05) is 48.9 Å². The van der Waals surface area contributed by atoms with Gasteiger partial charge in [0.25, 0.3) is 0 Å². The second kappa shape index (κ2) is 9.15. The molecule has 164 valence electrons. The lowest BCUT2D eigenvalue weighted by Crippen LogP contribution is -2.51. The van der Waals surface area contributed by atoms with E-state index < -0.39 is 16.1 Å². The molecule has 3 aromatic rings. The average molecular weight is 442 g/mol. The molecular weight excluding hydrogens is 414 g/mol. The first-order valence-electron chi connectivity index (χ1n) is 10.7. The number of benzene rings is 2. The van der Waals surface area contributed by atoms with Crippen LogP contribution in [0.3, 0.4) is 0 Å². The molecule has 8 nitrogen and oxygen atoms in total. The van der Waals surface area contributed by atoms with E-state index in [1.165, 1.54) is 4.31 Å². The Hall–Kier alpha value is -2.78. The molecule has 0 unspecified atom stereocenters. The summed E-state index contributed by atoms with van der Waals surface area (Å²) in [4.78, 5) is 13.0. The quantitative estimate of drug-likeness (QED) is 0.608. The summed E-state index contributed by atoms with van der Waals surface area (Å²) in [6, 6.07) is 13.8. The Morgan fingerprint density at radius 1 is 1.16 bits per heavy atom. The van der Waals surface area contributed by atoms with Crippen molar-refractivity contribution in [1.29, 1.82) is 0 Å². The van der Waals surface area contributed by atoms with E-state index in [-0.39, 0.29) is 10.8 Å². The summed E-state index contributed by atoms with van der Waals surface area (Å²) in [5.41, 5.74) is 2.31. The number of amides is 1. The highest BCUT2D eigenvalue weighted by Crippen LogP contribution is 2.27. The summed E-state index contributed by atoms with van der Waals surface area (Å²) in [7, 11) is -3.84. The third-order valence-electron chi connectivity index (χ3n) is 5.59. The van der Waals surface area contributed by atoms with Crippen LogP contribution in [0.5, 0.6) is 0 Å². The molecule has 2 heterocycles. The number of nitrogens with zero attached hydrogens (tertiary/aromatic N) is 4. The van der Waals surface area contributed by atoms with E-state index in [0.29, 0.717) is 25.0 Å². The predicted molar refractivity (Wildman–Crippen MR) is 118 cm³/mol. The van der Waals surface area contributed by atoms with E-state index >= 15 is 0 Å². The van der Waals surface area contributed by atoms with E-state index in [1.54, 1.807) is 22.9 Å². The van der Waals surface area contributed by atoms with Crippen molar-refractivity contribution in [1.82, 2.24) is 24.6 Å². The molecule has 1 amide bonds. The molecule has 0 spiro atoms. The maximum Gasteiger partial charge on any atom is 0.243 e. The van der Waals surface area contributed by atoms with Crippen LogP contribution in [0.1, 0.15) is 38.2 Å². The minimum Gasteiger partial charge on any atom is -0.351 e. The number of sulfonamides is 1. The van der Waals surface area contributed by atoms with Crippen molar-refractivity contribution >= 4 is 27.0 Å². The monoisotopic (exact) mass is 441 g/mol. The van der Waals surface area contributed by atoms with E-state index in [2.05, 4.69) is 15.6 Å². The Balaban J connectivity index is 1.56. The van der Waals surface area contributed by atoms with E-state index in [1.807, 2.05) is 37.3 Å². The number of fused-ring (bicyclic) bond motifs is 1. The molecule has 0 bridgehead atoms. The van der Waals surface area contributed by atoms with Gasteiger partial charge in [-0.3, -0.25) is 4.79 Å². The Morgan fingerprint density at radius 2 is 1.97 bits per heavy atom. The lowest BCUT2D eigenvalue weighted by molar-refractivity contribution is -0.125. The summed E-state index contributed by atoms with van der Waals surface area (Å²) >= 11 is 0. The number of hydrogen-bond acceptors (Lipinski definition) is 5. The van der Waals surface area contributed by atoms with Crippen molar-refractivity contribution in [2.24, 2.45) is 0 Å². The molecule has 2 aromatic carbocycles. The maximum absolute atomic E-state index is 13.4. The third-order valence-corrected chi connectivity index (χ3v) is 7.50. The molecule has 1 saturated heterocycles. The molecule has 1 aromatic heterocycles. The molecule has 0 aliphatic carbocycles. The number of nitrogens with one attached hydrogen (secondary N) is 1. The first-order chi connectivity index (χ1) is 15.0. The van der Waals surface area contributed by atoms with E-state index in [9.17, 15) is 13.2 Å². The standard InChI is InChI=1S/C22H27N5O3S/c1-2-13-26-20-12-11-18(15-19(20)24-25-26)31(29,30)27-14-7-6-10-21(27)22(28)23-16-17-8-4-3-5-9-17/h3-5,8-9,11-12,15,21H,2,6-7,10,13-14,16H2,1H3,(H,23,28)/t21-/m1/s1. The van der Waals surface area contributed by atoms with Gasteiger partial charge in [0, 0.05) is 19.6 Å². The topological polar surface area (TPSA) is 97.2 Å². The number of piperidine rings is 1. The fraction of sp³-hybridized carbons (Fsp3) is 0.409. The molecule has 1 fully saturated rings. The predicted octanol–water partition coefficient (Wildman–Crippen LogP) is 2.70. The van der Waals surface area contributed by atoms with Crippen molar-refractivity contribution in [3.8, 4) is 0 Å². The Labute approximate surface area is 182 Å². The summed E-state index contributed by atoms with van der Waals surface area (Å²) in [6.07, 6.45) is 2.97. The molecule has 1 N–H and O–H groups in total. The Kier molecular flexibility index (Phi) is 6.33. The largest absolute Gasteiger partial charge is 0.351 e. The van der Waals surface area contributed by atoms with Gasteiger partial charge in [0.2, 0.25) is 15.9 Å². The van der Waals surface area contributed by atoms with Gasteiger partial charge in [0.1, 0.15) is 11.6 Å². The van der Waals surface area contributed by atoms with Gasteiger partial charge in [-0.15, -0.1) is 5.10 Å². The molecule has 9 heteroatoms. The van der Waals surface area contributed by atoms with Gasteiger partial charge in [0.15, 0.2) is 0 Å². The van der Waals surface area contributed by atoms with Crippen molar-refractivity contribution < 1.29 is 13.2 Å². The van der Waals surface area contributed by atoms with Crippen molar-refractivity contribution in [3.05, 3.63) is 54.1 Å². The molecular formula is C22H27N5O3S. The zero-order valence-corrected chi connectivity index (χ0v) is 18.4. The summed E-state index contributed by atoms with van der Waals surface area (Å²) in [5.74, 6) is -0.262. The van der Waals surface area contributed by atoms with E-state index in [0.717, 1.165) is 36.9 Å². The zero-order valence-electron chi connectivity index (χ0n) is 17.6. The van der Waals surface area contributed by atoms with Gasteiger partial charge in [-0.05, 0) is 43.0 Å². The molecule has 1 aliphatic heterocycles. The minimum absolute atomic E-state index is 0.145. The minimum atomic E-state index is -3.84. The number of hydrogen-bond donors (Lipinski definition) is 1. The zero-order chi connectivity index (χ0) is 21.8. The fourth-order valence-corrected chi connectivity index (χ4v) is 5.66. The van der Waals surface area contributed by atoms with Crippen LogP contribution in [0, 0.1) is 0 Å². The number of carbonyl (C=O) groups excluding carboxylic acids is 1. The molecule has 4 rings (SSSR count). The van der Waals surface area contributed by atoms with Crippen LogP contribution >= 0.6 is 0 Å². The maximum atomic E-state index is 13.4. The SMILES string of the molecule is CCCn1nnc2cc(S(=O)(=O)N3CCCC[C@@H]3C(=O)NCc3ccccc3)ccc21. The number of aromatic nitrogens is 3. The van der Waals surface area contributed by atoms with E-state index in [4.69, 9.17) is 0 Å². The first kappa shape index (κ1) is 21.5. The van der Waals surface area contributed by atoms with Crippen LogP contribution in [-0.2, 0) is 27.9 Å². The fourth-order valence-electron chi connectivity index (χ4n) is 3.98. The number of rotatable bonds is 7. The van der Waals surface area contributed by atoms with Gasteiger partial charge >= 0.3 is 0 Å². The Bertz CT molecular complexity index is 1160. The van der Waals surface area contributed by atoms with Gasteiger partial charge < -0.3 is 5.32 Å². The molecule has 1 aliphatic rings. The van der Waals surface area contributed by atoms with Gasteiger partial charge in [0.05, 0.1) is 10.4 Å². The molecule has 0 saturated carbocycles. The van der Waals surface area contributed by atoms with Crippen LogP contribution in [-0.4, -0.2) is 46.2 Å². The van der Waals surface area contributed by atoms with Crippen molar-refractivity contribution in [3.63, 3.8) is 0 Å². The van der Waals surface area contributed by atoms with Crippen LogP contribution in [0.2, 0.25) is 0 Å². The normalized spacial score (nSPS) is 17.6. The number of aryl methyl sites for hydroxylation is 1. The summed E-state index contributed by atoms with van der Waals surface area (Å²) < 4.78 is 30.0. The average Bonchev–Trinajstić information content (AvgIpc) is 3.20. The van der Waals surface area contributed by atoms with Crippen LogP contribution in [0.4, 0.5) is 0 Å². The highest BCUT2D eigenvalue weighted by Gasteiger charge is 2.37. The third kappa shape index (κ3) is 4.47.